The molecule has 4 nitrogen and oxygen atoms in total. The summed E-state index contributed by atoms with van der Waals surface area (Å²) in [7, 11) is 0. The maximum absolute atomic E-state index is 11.9. The summed E-state index contributed by atoms with van der Waals surface area (Å²) in [5.74, 6) is 1.72. The fourth-order valence-electron chi connectivity index (χ4n) is 2.82. The normalized spacial score (nSPS) is 29.5. The third-order valence-electron chi connectivity index (χ3n) is 4.10. The lowest BCUT2D eigenvalue weighted by atomic mass is 9.97. The molecule has 1 aliphatic heterocycles. The topological polar surface area (TPSA) is 61.4 Å². The van der Waals surface area contributed by atoms with E-state index in [1.165, 1.54) is 32.1 Å². The third kappa shape index (κ3) is 5.22. The summed E-state index contributed by atoms with van der Waals surface area (Å²) >= 11 is 1.75. The molecule has 1 heterocycles. The van der Waals surface area contributed by atoms with E-state index < -0.39 is 5.60 Å². The lowest BCUT2D eigenvalue weighted by Gasteiger charge is -2.24. The van der Waals surface area contributed by atoms with Gasteiger partial charge in [0.05, 0.1) is 5.60 Å². The lowest BCUT2D eigenvalue weighted by Crippen LogP contribution is -2.49. The quantitative estimate of drug-likeness (QED) is 0.746. The van der Waals surface area contributed by atoms with Gasteiger partial charge in [0.2, 0.25) is 0 Å². The van der Waals surface area contributed by atoms with Gasteiger partial charge in [0.25, 0.3) is 0 Å². The highest BCUT2D eigenvalue weighted by Gasteiger charge is 2.32. The zero-order valence-corrected chi connectivity index (χ0v) is 12.4. The van der Waals surface area contributed by atoms with Gasteiger partial charge in [0.15, 0.2) is 0 Å². The molecule has 110 valence electrons. The maximum atomic E-state index is 11.9. The van der Waals surface area contributed by atoms with Gasteiger partial charge in [-0.3, -0.25) is 0 Å². The van der Waals surface area contributed by atoms with Crippen LogP contribution in [-0.4, -0.2) is 40.8 Å². The van der Waals surface area contributed by atoms with Crippen LogP contribution in [0.5, 0.6) is 0 Å². The average molecular weight is 286 g/mol. The molecule has 19 heavy (non-hydrogen) atoms. The molecule has 0 spiro atoms. The summed E-state index contributed by atoms with van der Waals surface area (Å²) in [6, 6.07) is 0.198. The van der Waals surface area contributed by atoms with Crippen molar-refractivity contribution in [1.29, 1.82) is 0 Å². The number of rotatable bonds is 3. The van der Waals surface area contributed by atoms with E-state index in [2.05, 4.69) is 10.6 Å². The molecule has 0 aromatic carbocycles. The van der Waals surface area contributed by atoms with Crippen LogP contribution in [0, 0.1) is 0 Å². The van der Waals surface area contributed by atoms with Crippen LogP contribution in [0.15, 0.2) is 0 Å². The van der Waals surface area contributed by atoms with Gasteiger partial charge in [-0.25, -0.2) is 4.79 Å². The SMILES string of the molecule is O=C(NCC1(O)CCSC1)NC1CCCCCCC1. The van der Waals surface area contributed by atoms with Gasteiger partial charge >= 0.3 is 6.03 Å². The van der Waals surface area contributed by atoms with Crippen molar-refractivity contribution in [3.8, 4) is 0 Å². The molecular weight excluding hydrogens is 260 g/mol. The second-order valence-electron chi connectivity index (χ2n) is 5.90. The van der Waals surface area contributed by atoms with Gasteiger partial charge < -0.3 is 15.7 Å². The van der Waals surface area contributed by atoms with Gasteiger partial charge in [-0.05, 0) is 25.0 Å². The van der Waals surface area contributed by atoms with E-state index in [0.29, 0.717) is 12.6 Å². The summed E-state index contributed by atoms with van der Waals surface area (Å²) in [5, 5.41) is 16.1. The Balaban J connectivity index is 1.67. The molecule has 1 atom stereocenters. The Labute approximate surface area is 120 Å². The number of hydrogen-bond donors (Lipinski definition) is 3. The van der Waals surface area contributed by atoms with Gasteiger partial charge in [-0.15, -0.1) is 0 Å². The number of thioether (sulfide) groups is 1. The van der Waals surface area contributed by atoms with Crippen molar-refractivity contribution in [3.63, 3.8) is 0 Å². The minimum absolute atomic E-state index is 0.115. The first-order valence-corrected chi connectivity index (χ1v) is 8.68. The molecule has 1 saturated carbocycles. The minimum Gasteiger partial charge on any atom is -0.387 e. The molecule has 0 aromatic rings. The van der Waals surface area contributed by atoms with Crippen LogP contribution in [0.2, 0.25) is 0 Å². The van der Waals surface area contributed by atoms with Crippen molar-refractivity contribution < 1.29 is 9.90 Å². The molecular formula is C14H26N2O2S. The molecule has 1 unspecified atom stereocenters. The van der Waals surface area contributed by atoms with Crippen LogP contribution < -0.4 is 10.6 Å². The third-order valence-corrected chi connectivity index (χ3v) is 5.34. The van der Waals surface area contributed by atoms with Crippen molar-refractivity contribution in [3.05, 3.63) is 0 Å². The Hall–Kier alpha value is -0.420. The highest BCUT2D eigenvalue weighted by molar-refractivity contribution is 7.99. The molecule has 0 aromatic heterocycles. The Morgan fingerprint density at radius 1 is 1.21 bits per heavy atom. The van der Waals surface area contributed by atoms with Crippen molar-refractivity contribution in [2.24, 2.45) is 0 Å². The second-order valence-corrected chi connectivity index (χ2v) is 7.00. The Morgan fingerprint density at radius 2 is 1.89 bits per heavy atom. The van der Waals surface area contributed by atoms with Crippen LogP contribution in [-0.2, 0) is 0 Å². The van der Waals surface area contributed by atoms with E-state index in [1.807, 2.05) is 0 Å². The van der Waals surface area contributed by atoms with Gasteiger partial charge in [0.1, 0.15) is 0 Å². The second kappa shape index (κ2) is 7.39. The number of hydrogen-bond acceptors (Lipinski definition) is 3. The number of amides is 2. The predicted octanol–water partition coefficient (Wildman–Crippen LogP) is 2.27. The predicted molar refractivity (Wildman–Crippen MR) is 79.5 cm³/mol. The van der Waals surface area contributed by atoms with E-state index in [1.54, 1.807) is 11.8 Å². The number of aliphatic hydroxyl groups is 1. The maximum Gasteiger partial charge on any atom is 0.315 e. The zero-order valence-electron chi connectivity index (χ0n) is 11.6. The number of nitrogens with one attached hydrogen (secondary N) is 2. The monoisotopic (exact) mass is 286 g/mol. The molecule has 2 rings (SSSR count). The van der Waals surface area contributed by atoms with Crippen LogP contribution in [0.3, 0.4) is 0 Å². The molecule has 3 N–H and O–H groups in total. The molecule has 0 radical (unpaired) electrons. The first-order chi connectivity index (χ1) is 9.18. The van der Waals surface area contributed by atoms with Crippen molar-refractivity contribution in [1.82, 2.24) is 10.6 Å². The van der Waals surface area contributed by atoms with Crippen molar-refractivity contribution >= 4 is 17.8 Å². The van der Waals surface area contributed by atoms with Gasteiger partial charge in [-0.1, -0.05) is 32.1 Å². The molecule has 1 aliphatic carbocycles. The Kier molecular flexibility index (Phi) is 5.82. The van der Waals surface area contributed by atoms with Gasteiger partial charge in [0, 0.05) is 18.3 Å². The standard InChI is InChI=1S/C14H26N2O2S/c17-13(15-10-14(18)8-9-19-11-14)16-12-6-4-2-1-3-5-7-12/h12,18H,1-11H2,(H2,15,16,17). The zero-order chi connectivity index (χ0) is 13.6. The average Bonchev–Trinajstić information content (AvgIpc) is 2.78. The number of carbonyl (C=O) groups is 1. The van der Waals surface area contributed by atoms with Crippen molar-refractivity contribution in [2.75, 3.05) is 18.1 Å². The van der Waals surface area contributed by atoms with Crippen molar-refractivity contribution in [2.45, 2.75) is 63.0 Å². The summed E-state index contributed by atoms with van der Waals surface area (Å²) in [6.07, 6.45) is 9.30. The summed E-state index contributed by atoms with van der Waals surface area (Å²) < 4.78 is 0. The molecule has 2 fully saturated rings. The smallest absolute Gasteiger partial charge is 0.315 e. The first kappa shape index (κ1) is 15.0. The van der Waals surface area contributed by atoms with E-state index in [0.717, 1.165) is 30.8 Å². The highest BCUT2D eigenvalue weighted by Crippen LogP contribution is 2.26. The van der Waals surface area contributed by atoms with Crippen LogP contribution >= 0.6 is 11.8 Å². The molecule has 0 bridgehead atoms. The van der Waals surface area contributed by atoms with Crippen LogP contribution in [0.25, 0.3) is 0 Å². The van der Waals surface area contributed by atoms with Crippen LogP contribution in [0.1, 0.15) is 51.4 Å². The first-order valence-electron chi connectivity index (χ1n) is 7.52. The summed E-state index contributed by atoms with van der Waals surface area (Å²) in [5.41, 5.74) is -0.692. The highest BCUT2D eigenvalue weighted by atomic mass is 32.2. The summed E-state index contributed by atoms with van der Waals surface area (Å²) in [6.45, 7) is 0.374. The fourth-order valence-corrected chi connectivity index (χ4v) is 4.11. The fraction of sp³-hybridized carbons (Fsp3) is 0.929. The van der Waals surface area contributed by atoms with E-state index in [9.17, 15) is 9.90 Å². The Bertz CT molecular complexity index is 285. The van der Waals surface area contributed by atoms with Gasteiger partial charge in [-0.2, -0.15) is 11.8 Å². The summed E-state index contributed by atoms with van der Waals surface area (Å²) in [4.78, 5) is 11.9. The van der Waals surface area contributed by atoms with E-state index >= 15 is 0 Å². The molecule has 2 aliphatic rings. The van der Waals surface area contributed by atoms with E-state index in [4.69, 9.17) is 0 Å². The molecule has 5 heteroatoms. The van der Waals surface area contributed by atoms with Crippen LogP contribution in [0.4, 0.5) is 4.79 Å². The molecule has 2 amide bonds. The number of urea groups is 1. The lowest BCUT2D eigenvalue weighted by molar-refractivity contribution is 0.0698. The number of carbonyl (C=O) groups excluding carboxylic acids is 1. The van der Waals surface area contributed by atoms with E-state index in [-0.39, 0.29) is 6.03 Å². The minimum atomic E-state index is -0.692. The largest absolute Gasteiger partial charge is 0.387 e. The Morgan fingerprint density at radius 3 is 2.53 bits per heavy atom. The molecule has 1 saturated heterocycles.